The smallest absolute Gasteiger partial charge is 0.278 e. The molecule has 2 aromatic heterocycles. The molecule has 11 heteroatoms. The number of hydrogen-bond acceptors (Lipinski definition) is 8. The first-order chi connectivity index (χ1) is 12.1. The van der Waals surface area contributed by atoms with Crippen LogP contribution in [-0.2, 0) is 0 Å². The maximum Gasteiger partial charge on any atom is 0.278 e. The van der Waals surface area contributed by atoms with Crippen LogP contribution in [0.4, 0.5) is 0 Å². The summed E-state index contributed by atoms with van der Waals surface area (Å²) in [6.45, 7) is 0. The number of carbonyl (C=O) groups excluding carboxylic acids is 1. The lowest BCUT2D eigenvalue weighted by molar-refractivity contribution is 0.0953. The van der Waals surface area contributed by atoms with Crippen LogP contribution >= 0.6 is 0 Å². The Morgan fingerprint density at radius 1 is 1.36 bits per heavy atom. The highest BCUT2D eigenvalue weighted by Gasteiger charge is 2.12. The van der Waals surface area contributed by atoms with E-state index >= 15 is 0 Å². The van der Waals surface area contributed by atoms with Gasteiger partial charge in [0.2, 0.25) is 5.95 Å². The van der Waals surface area contributed by atoms with Crippen LogP contribution in [0.2, 0.25) is 0 Å². The molecule has 0 saturated heterocycles. The van der Waals surface area contributed by atoms with E-state index in [1.807, 2.05) is 0 Å². The summed E-state index contributed by atoms with van der Waals surface area (Å²) < 4.78 is 1.23. The third-order valence-corrected chi connectivity index (χ3v) is 3.08. The highest BCUT2D eigenvalue weighted by Crippen LogP contribution is 2.26. The molecule has 0 bridgehead atoms. The minimum Gasteiger partial charge on any atom is -0.504 e. The van der Waals surface area contributed by atoms with Crippen LogP contribution in [0.1, 0.15) is 15.9 Å². The van der Waals surface area contributed by atoms with Gasteiger partial charge in [-0.05, 0) is 12.1 Å². The van der Waals surface area contributed by atoms with Gasteiger partial charge in [0, 0.05) is 11.8 Å². The van der Waals surface area contributed by atoms with Crippen molar-refractivity contribution in [2.45, 2.75) is 0 Å². The Morgan fingerprint density at radius 2 is 2.20 bits per heavy atom. The third-order valence-electron chi connectivity index (χ3n) is 3.08. The van der Waals surface area contributed by atoms with E-state index in [1.165, 1.54) is 35.5 Å². The first kappa shape index (κ1) is 15.9. The minimum atomic E-state index is -0.796. The Kier molecular flexibility index (Phi) is 4.20. The Bertz CT molecular complexity index is 995. The summed E-state index contributed by atoms with van der Waals surface area (Å²) in [6.07, 6.45) is 4.81. The maximum atomic E-state index is 12.0. The monoisotopic (exact) mass is 341 g/mol. The van der Waals surface area contributed by atoms with E-state index in [4.69, 9.17) is 0 Å². The van der Waals surface area contributed by atoms with Gasteiger partial charge in [0.1, 0.15) is 18.2 Å². The normalized spacial score (nSPS) is 10.9. The number of benzene rings is 1. The first-order valence-corrected chi connectivity index (χ1v) is 6.85. The van der Waals surface area contributed by atoms with Gasteiger partial charge < -0.3 is 10.2 Å². The van der Waals surface area contributed by atoms with E-state index in [9.17, 15) is 19.8 Å². The highest BCUT2D eigenvalue weighted by atomic mass is 16.3. The Morgan fingerprint density at radius 3 is 2.92 bits per heavy atom. The van der Waals surface area contributed by atoms with Crippen molar-refractivity contribution in [2.75, 3.05) is 0 Å². The number of nitrogens with one attached hydrogen (secondary N) is 2. The topological polar surface area (TPSA) is 158 Å². The molecule has 0 saturated carbocycles. The number of aromatic nitrogens is 5. The molecule has 0 atom stereocenters. The predicted octanol–water partition coefficient (Wildman–Crippen LogP) is -0.474. The zero-order valence-electron chi connectivity index (χ0n) is 12.5. The fourth-order valence-corrected chi connectivity index (χ4v) is 1.85. The zero-order chi connectivity index (χ0) is 17.8. The van der Waals surface area contributed by atoms with Crippen molar-refractivity contribution in [3.05, 3.63) is 58.5 Å². The fraction of sp³-hybridized carbons (Fsp3) is 0. The summed E-state index contributed by atoms with van der Waals surface area (Å²) >= 11 is 0. The van der Waals surface area contributed by atoms with Crippen molar-refractivity contribution in [2.24, 2.45) is 5.10 Å². The van der Waals surface area contributed by atoms with Crippen molar-refractivity contribution in [1.29, 1.82) is 0 Å². The molecule has 0 spiro atoms. The van der Waals surface area contributed by atoms with Crippen molar-refractivity contribution in [3.63, 3.8) is 0 Å². The molecule has 3 aromatic rings. The number of phenols is 2. The number of rotatable bonds is 4. The number of nitrogens with zero attached hydrogens (tertiary/aromatic N) is 5. The van der Waals surface area contributed by atoms with E-state index in [-0.39, 0.29) is 28.6 Å². The second-order valence-corrected chi connectivity index (χ2v) is 4.70. The number of aromatic amines is 1. The van der Waals surface area contributed by atoms with E-state index in [0.29, 0.717) is 0 Å². The maximum absolute atomic E-state index is 12.0. The number of hydrogen-bond donors (Lipinski definition) is 4. The van der Waals surface area contributed by atoms with Crippen molar-refractivity contribution >= 4 is 12.1 Å². The minimum absolute atomic E-state index is 0.104. The van der Waals surface area contributed by atoms with Crippen molar-refractivity contribution in [3.8, 4) is 17.4 Å². The molecule has 25 heavy (non-hydrogen) atoms. The Balaban J connectivity index is 1.74. The second-order valence-electron chi connectivity index (χ2n) is 4.70. The van der Waals surface area contributed by atoms with Crippen LogP contribution in [-0.4, -0.2) is 47.1 Å². The average Bonchev–Trinajstić information content (AvgIpc) is 3.13. The lowest BCUT2D eigenvalue weighted by Gasteiger charge is -2.02. The number of carbonyl (C=O) groups is 1. The molecule has 2 heterocycles. The number of H-pyrrole nitrogens is 1. The van der Waals surface area contributed by atoms with Gasteiger partial charge in [0.05, 0.1) is 6.21 Å². The van der Waals surface area contributed by atoms with Crippen molar-refractivity contribution in [1.82, 2.24) is 30.2 Å². The van der Waals surface area contributed by atoms with E-state index < -0.39 is 11.5 Å². The Hall–Kier alpha value is -4.02. The van der Waals surface area contributed by atoms with Crippen LogP contribution in [0.25, 0.3) is 5.95 Å². The van der Waals surface area contributed by atoms with Crippen molar-refractivity contribution < 1.29 is 15.0 Å². The van der Waals surface area contributed by atoms with Gasteiger partial charge in [0.25, 0.3) is 11.5 Å². The molecule has 1 amide bonds. The second kappa shape index (κ2) is 6.62. The third kappa shape index (κ3) is 3.34. The molecule has 0 aliphatic heterocycles. The highest BCUT2D eigenvalue weighted by molar-refractivity contribution is 5.94. The van der Waals surface area contributed by atoms with Gasteiger partial charge >= 0.3 is 0 Å². The molecule has 0 fully saturated rings. The SMILES string of the molecule is O=C(NN=Cc1cccc(O)c1O)c1cnc(-n2cncn2)[nH]c1=O. The van der Waals surface area contributed by atoms with Crippen LogP contribution < -0.4 is 11.0 Å². The van der Waals surface area contributed by atoms with Gasteiger partial charge in [-0.2, -0.15) is 14.9 Å². The largest absolute Gasteiger partial charge is 0.504 e. The molecule has 3 rings (SSSR count). The van der Waals surface area contributed by atoms with E-state index in [1.54, 1.807) is 0 Å². The fourth-order valence-electron chi connectivity index (χ4n) is 1.85. The van der Waals surface area contributed by atoms with Gasteiger partial charge in [-0.15, -0.1) is 0 Å². The Labute approximate surface area is 139 Å². The first-order valence-electron chi connectivity index (χ1n) is 6.85. The van der Waals surface area contributed by atoms with Crippen LogP contribution in [0, 0.1) is 0 Å². The molecular formula is C14H11N7O4. The summed E-state index contributed by atoms with van der Waals surface area (Å²) in [6, 6.07) is 4.27. The lowest BCUT2D eigenvalue weighted by atomic mass is 10.2. The summed E-state index contributed by atoms with van der Waals surface area (Å²) in [5.74, 6) is -1.39. The number of aromatic hydroxyl groups is 2. The zero-order valence-corrected chi connectivity index (χ0v) is 12.5. The predicted molar refractivity (Wildman–Crippen MR) is 84.6 cm³/mol. The summed E-state index contributed by atoms with van der Waals surface area (Å²) in [5, 5.41) is 26.4. The standard InChI is InChI=1S/C14H11N7O4/c22-10-3-1-2-8(11(10)23)4-17-20-13(25)9-5-16-14(19-12(9)24)21-7-15-6-18-21/h1-7,22-23H,(H,20,25)(H,16,19,24). The quantitative estimate of drug-likeness (QED) is 0.283. The summed E-state index contributed by atoms with van der Waals surface area (Å²) in [7, 11) is 0. The molecule has 0 aliphatic rings. The number of hydrazone groups is 1. The number of phenolic OH excluding ortho intramolecular Hbond substituents is 2. The molecule has 0 unspecified atom stereocenters. The molecular weight excluding hydrogens is 330 g/mol. The average molecular weight is 341 g/mol. The van der Waals surface area contributed by atoms with Gasteiger partial charge in [-0.3, -0.25) is 14.6 Å². The van der Waals surface area contributed by atoms with Gasteiger partial charge in [-0.25, -0.2) is 15.4 Å². The van der Waals surface area contributed by atoms with Gasteiger partial charge in [0.15, 0.2) is 11.5 Å². The number of para-hydroxylation sites is 1. The number of amides is 1. The molecule has 4 N–H and O–H groups in total. The van der Waals surface area contributed by atoms with Crippen LogP contribution in [0.15, 0.2) is 46.9 Å². The van der Waals surface area contributed by atoms with Crippen LogP contribution in [0.3, 0.4) is 0 Å². The molecule has 0 radical (unpaired) electrons. The van der Waals surface area contributed by atoms with E-state index in [2.05, 4.69) is 30.6 Å². The lowest BCUT2D eigenvalue weighted by Crippen LogP contribution is -2.27. The molecule has 11 nitrogen and oxygen atoms in total. The van der Waals surface area contributed by atoms with Crippen LogP contribution in [0.5, 0.6) is 11.5 Å². The van der Waals surface area contributed by atoms with E-state index in [0.717, 1.165) is 12.4 Å². The molecule has 0 aliphatic carbocycles. The van der Waals surface area contributed by atoms with Gasteiger partial charge in [-0.1, -0.05) is 6.07 Å². The molecule has 126 valence electrons. The summed E-state index contributed by atoms with van der Waals surface area (Å²) in [4.78, 5) is 34.0. The summed E-state index contributed by atoms with van der Waals surface area (Å²) in [5.41, 5.74) is 1.37. The molecule has 1 aromatic carbocycles.